The van der Waals surface area contributed by atoms with Crippen LogP contribution in [0.2, 0.25) is 0 Å². The van der Waals surface area contributed by atoms with Gasteiger partial charge in [-0.05, 0) is 23.4 Å². The van der Waals surface area contributed by atoms with E-state index in [0.29, 0.717) is 19.5 Å². The second-order valence-corrected chi connectivity index (χ2v) is 6.86. The molecule has 1 aliphatic rings. The van der Waals surface area contributed by atoms with Gasteiger partial charge in [-0.3, -0.25) is 9.59 Å². The van der Waals surface area contributed by atoms with Gasteiger partial charge in [0, 0.05) is 43.4 Å². The molecule has 1 amide bonds. The van der Waals surface area contributed by atoms with Gasteiger partial charge in [-0.1, -0.05) is 30.0 Å². The Kier molecular flexibility index (Phi) is 4.01. The number of carbonyl (C=O) groups excluding carboxylic acids is 2. The fourth-order valence-corrected chi connectivity index (χ4v) is 3.83. The van der Waals surface area contributed by atoms with Crippen molar-refractivity contribution >= 4 is 33.7 Å². The normalized spacial score (nSPS) is 18.6. The van der Waals surface area contributed by atoms with Gasteiger partial charge in [-0.25, -0.2) is 0 Å². The summed E-state index contributed by atoms with van der Waals surface area (Å²) in [5.41, 5.74) is 2.38. The van der Waals surface area contributed by atoms with E-state index in [4.69, 9.17) is 0 Å². The maximum atomic E-state index is 12.0. The molecule has 4 nitrogen and oxygen atoms in total. The largest absolute Gasteiger partial charge is 0.361 e. The lowest BCUT2D eigenvalue weighted by atomic mass is 10.1. The van der Waals surface area contributed by atoms with Gasteiger partial charge >= 0.3 is 0 Å². The Bertz CT molecular complexity index is 680. The molecule has 0 spiro atoms. The fourth-order valence-electron chi connectivity index (χ4n) is 2.88. The van der Waals surface area contributed by atoms with Gasteiger partial charge in [-0.15, -0.1) is 0 Å². The van der Waals surface area contributed by atoms with E-state index in [9.17, 15) is 9.59 Å². The van der Waals surface area contributed by atoms with E-state index in [0.717, 1.165) is 11.9 Å². The zero-order valence-corrected chi connectivity index (χ0v) is 12.8. The highest BCUT2D eigenvalue weighted by molar-refractivity contribution is 8.14. The minimum Gasteiger partial charge on any atom is -0.361 e. The molecule has 0 aliphatic carbocycles. The summed E-state index contributed by atoms with van der Waals surface area (Å²) in [6, 6.07) is 8.28. The Morgan fingerprint density at radius 2 is 2.29 bits per heavy atom. The highest BCUT2D eigenvalue weighted by Crippen LogP contribution is 2.25. The third kappa shape index (κ3) is 3.13. The van der Waals surface area contributed by atoms with Gasteiger partial charge in [-0.2, -0.15) is 0 Å². The summed E-state index contributed by atoms with van der Waals surface area (Å²) in [4.78, 5) is 28.3. The lowest BCUT2D eigenvalue weighted by Crippen LogP contribution is -2.28. The summed E-state index contributed by atoms with van der Waals surface area (Å²) in [6.07, 6.45) is 3.26. The average molecular weight is 302 g/mol. The van der Waals surface area contributed by atoms with Crippen LogP contribution in [-0.2, 0) is 16.0 Å². The topological polar surface area (TPSA) is 53.2 Å². The number of aromatic nitrogens is 1. The molecule has 3 rings (SSSR count). The number of nitrogens with zero attached hydrogens (tertiary/aromatic N) is 1. The van der Waals surface area contributed by atoms with E-state index in [1.807, 2.05) is 17.2 Å². The highest BCUT2D eigenvalue weighted by Gasteiger charge is 2.30. The summed E-state index contributed by atoms with van der Waals surface area (Å²) in [7, 11) is 0. The molecule has 1 atom stereocenters. The Hall–Kier alpha value is -1.75. The number of amides is 1. The molecule has 2 aromatic rings. The number of H-pyrrole nitrogens is 1. The second kappa shape index (κ2) is 5.93. The van der Waals surface area contributed by atoms with Crippen molar-refractivity contribution < 1.29 is 9.59 Å². The first kappa shape index (κ1) is 14.2. The van der Waals surface area contributed by atoms with Gasteiger partial charge in [0.05, 0.1) is 0 Å². The molecule has 2 heterocycles. The molecular weight excluding hydrogens is 284 g/mol. The molecule has 1 aromatic heterocycles. The van der Waals surface area contributed by atoms with Gasteiger partial charge in [0.25, 0.3) is 0 Å². The zero-order chi connectivity index (χ0) is 14.8. The number of rotatable bonds is 4. The molecule has 1 aromatic carbocycles. The molecule has 21 heavy (non-hydrogen) atoms. The van der Waals surface area contributed by atoms with Crippen molar-refractivity contribution in [3.8, 4) is 0 Å². The predicted molar refractivity (Wildman–Crippen MR) is 85.3 cm³/mol. The van der Waals surface area contributed by atoms with Crippen LogP contribution in [0.4, 0.5) is 0 Å². The SMILES string of the molecule is CC(=O)SC1CC(=O)N(CCc2cccc3cc[nH]c23)C1. The molecule has 0 saturated carbocycles. The van der Waals surface area contributed by atoms with Gasteiger partial charge in [0.2, 0.25) is 5.91 Å². The molecule has 110 valence electrons. The van der Waals surface area contributed by atoms with E-state index >= 15 is 0 Å². The van der Waals surface area contributed by atoms with Crippen molar-refractivity contribution in [3.05, 3.63) is 36.0 Å². The van der Waals surface area contributed by atoms with Crippen molar-refractivity contribution in [2.75, 3.05) is 13.1 Å². The number of fused-ring (bicyclic) bond motifs is 1. The van der Waals surface area contributed by atoms with Crippen LogP contribution in [0.5, 0.6) is 0 Å². The number of para-hydroxylation sites is 1. The molecule has 1 unspecified atom stereocenters. The maximum Gasteiger partial charge on any atom is 0.223 e. The first-order valence-electron chi connectivity index (χ1n) is 7.13. The van der Waals surface area contributed by atoms with Crippen LogP contribution in [0, 0.1) is 0 Å². The van der Waals surface area contributed by atoms with Crippen LogP contribution >= 0.6 is 11.8 Å². The smallest absolute Gasteiger partial charge is 0.223 e. The van der Waals surface area contributed by atoms with Crippen molar-refractivity contribution in [1.29, 1.82) is 0 Å². The van der Waals surface area contributed by atoms with Crippen molar-refractivity contribution in [2.45, 2.75) is 25.0 Å². The van der Waals surface area contributed by atoms with Gasteiger partial charge < -0.3 is 9.88 Å². The predicted octanol–water partition coefficient (Wildman–Crippen LogP) is 2.59. The minimum atomic E-state index is 0.0887. The molecule has 0 radical (unpaired) electrons. The van der Waals surface area contributed by atoms with E-state index in [-0.39, 0.29) is 16.3 Å². The molecule has 0 bridgehead atoms. The fraction of sp³-hybridized carbons (Fsp3) is 0.375. The van der Waals surface area contributed by atoms with Crippen molar-refractivity contribution in [3.63, 3.8) is 0 Å². The lowest BCUT2D eigenvalue weighted by Gasteiger charge is -2.16. The number of hydrogen-bond donors (Lipinski definition) is 1. The monoisotopic (exact) mass is 302 g/mol. The first-order chi connectivity index (χ1) is 10.1. The number of aromatic amines is 1. The third-order valence-corrected chi connectivity index (χ3v) is 4.82. The lowest BCUT2D eigenvalue weighted by molar-refractivity contribution is -0.127. The number of thioether (sulfide) groups is 1. The number of benzene rings is 1. The molecular formula is C16H18N2O2S. The molecule has 5 heteroatoms. The van der Waals surface area contributed by atoms with E-state index in [2.05, 4.69) is 23.2 Å². The second-order valence-electron chi connectivity index (χ2n) is 5.38. The van der Waals surface area contributed by atoms with Crippen LogP contribution < -0.4 is 0 Å². The minimum absolute atomic E-state index is 0.0887. The number of hydrogen-bond acceptors (Lipinski definition) is 3. The van der Waals surface area contributed by atoms with Crippen LogP contribution in [0.15, 0.2) is 30.5 Å². The van der Waals surface area contributed by atoms with E-state index < -0.39 is 0 Å². The molecule has 1 N–H and O–H groups in total. The Balaban J connectivity index is 1.64. The average Bonchev–Trinajstić information content (AvgIpc) is 3.02. The van der Waals surface area contributed by atoms with Crippen molar-refractivity contribution in [1.82, 2.24) is 9.88 Å². The number of carbonyl (C=O) groups is 2. The summed E-state index contributed by atoms with van der Waals surface area (Å²) in [5, 5.41) is 1.41. The van der Waals surface area contributed by atoms with Crippen LogP contribution in [0.3, 0.4) is 0 Å². The van der Waals surface area contributed by atoms with E-state index in [1.54, 1.807) is 6.92 Å². The Labute approximate surface area is 127 Å². The van der Waals surface area contributed by atoms with Crippen LogP contribution in [-0.4, -0.2) is 39.2 Å². The molecule has 1 saturated heterocycles. The van der Waals surface area contributed by atoms with Gasteiger partial charge in [0.1, 0.15) is 0 Å². The standard InChI is InChI=1S/C16H18N2O2S/c1-11(19)21-14-9-15(20)18(10-14)8-6-13-4-2-3-12-5-7-17-16(12)13/h2-5,7,14,17H,6,8-10H2,1H3. The van der Waals surface area contributed by atoms with Crippen molar-refractivity contribution in [2.24, 2.45) is 0 Å². The Morgan fingerprint density at radius 1 is 1.43 bits per heavy atom. The zero-order valence-electron chi connectivity index (χ0n) is 12.0. The summed E-state index contributed by atoms with van der Waals surface area (Å²) in [5.74, 6) is 0.160. The molecule has 1 fully saturated rings. The highest BCUT2D eigenvalue weighted by atomic mass is 32.2. The van der Waals surface area contributed by atoms with E-state index in [1.165, 1.54) is 22.7 Å². The molecule has 1 aliphatic heterocycles. The maximum absolute atomic E-state index is 12.0. The summed E-state index contributed by atoms with van der Waals surface area (Å²) < 4.78 is 0. The van der Waals surface area contributed by atoms with Crippen LogP contribution in [0.25, 0.3) is 10.9 Å². The summed E-state index contributed by atoms with van der Waals surface area (Å²) in [6.45, 7) is 2.96. The summed E-state index contributed by atoms with van der Waals surface area (Å²) >= 11 is 1.29. The third-order valence-electron chi connectivity index (χ3n) is 3.84. The quantitative estimate of drug-likeness (QED) is 0.944. The Morgan fingerprint density at radius 3 is 3.10 bits per heavy atom. The van der Waals surface area contributed by atoms with Gasteiger partial charge in [0.15, 0.2) is 5.12 Å². The number of likely N-dealkylation sites (tertiary alicyclic amines) is 1. The number of nitrogens with one attached hydrogen (secondary N) is 1. The van der Waals surface area contributed by atoms with Crippen LogP contribution in [0.1, 0.15) is 18.9 Å². The first-order valence-corrected chi connectivity index (χ1v) is 8.01.